The predicted octanol–water partition coefficient (Wildman–Crippen LogP) is 14.2. The first kappa shape index (κ1) is 30.3. The average Bonchev–Trinajstić information content (AvgIpc) is 3.75. The van der Waals surface area contributed by atoms with Gasteiger partial charge in [0.1, 0.15) is 11.2 Å². The fraction of sp³-hybridized carbons (Fsp3) is 0.0189. The molecule has 0 amide bonds. The highest BCUT2D eigenvalue weighted by molar-refractivity contribution is 6.13. The molecule has 2 aliphatic rings. The lowest BCUT2D eigenvalue weighted by atomic mass is 9.66. The Bertz CT molecular complexity index is 3170. The van der Waals surface area contributed by atoms with Crippen LogP contribution in [0.2, 0.25) is 0 Å². The zero-order valence-electron chi connectivity index (χ0n) is 29.9. The maximum atomic E-state index is 6.83. The standard InChI is InChI=1S/C53H33NO/c1-2-17-35(18-3-1)54(49-27-14-16-34-15-4-5-19-37(34)49)36-29-31-47-44(33-36)39-21-7-6-20-38(39)40-22-8-11-25-45(40)53(47)46-26-12-9-24-43(46)51-48(53)32-30-42-41-23-10-13-28-50(41)55-52(42)51/h1-33H. The van der Waals surface area contributed by atoms with Gasteiger partial charge in [-0.1, -0.05) is 164 Å². The second-order valence-corrected chi connectivity index (χ2v) is 14.7. The van der Waals surface area contributed by atoms with Crippen LogP contribution in [0.3, 0.4) is 0 Å². The van der Waals surface area contributed by atoms with Crippen LogP contribution in [0.4, 0.5) is 17.1 Å². The lowest BCUT2D eigenvalue weighted by molar-refractivity contribution is 0.669. The molecule has 0 N–H and O–H groups in total. The van der Waals surface area contributed by atoms with Crippen LogP contribution >= 0.6 is 0 Å². The van der Waals surface area contributed by atoms with Gasteiger partial charge in [0.25, 0.3) is 0 Å². The van der Waals surface area contributed by atoms with E-state index in [0.29, 0.717) is 0 Å². The van der Waals surface area contributed by atoms with Gasteiger partial charge in [0.2, 0.25) is 0 Å². The van der Waals surface area contributed by atoms with Crippen molar-refractivity contribution in [2.75, 3.05) is 4.90 Å². The Morgan fingerprint density at radius 1 is 0.364 bits per heavy atom. The molecule has 2 aliphatic carbocycles. The van der Waals surface area contributed by atoms with E-state index in [1.807, 2.05) is 0 Å². The molecule has 2 nitrogen and oxygen atoms in total. The third-order valence-corrected chi connectivity index (χ3v) is 12.1. The Morgan fingerprint density at radius 3 is 1.80 bits per heavy atom. The van der Waals surface area contributed by atoms with Crippen molar-refractivity contribution in [3.63, 3.8) is 0 Å². The molecule has 10 aromatic rings. The molecule has 0 bridgehead atoms. The molecule has 9 aromatic carbocycles. The summed E-state index contributed by atoms with van der Waals surface area (Å²) in [6.45, 7) is 0. The number of hydrogen-bond donors (Lipinski definition) is 0. The molecule has 55 heavy (non-hydrogen) atoms. The molecule has 0 fully saturated rings. The number of fused-ring (bicyclic) bond motifs is 17. The van der Waals surface area contributed by atoms with Crippen LogP contribution in [0.5, 0.6) is 0 Å². The molecule has 0 saturated heterocycles. The molecule has 1 heterocycles. The molecule has 0 aliphatic heterocycles. The lowest BCUT2D eigenvalue weighted by Gasteiger charge is -2.36. The Labute approximate surface area is 319 Å². The van der Waals surface area contributed by atoms with E-state index in [2.05, 4.69) is 205 Å². The van der Waals surface area contributed by atoms with Gasteiger partial charge >= 0.3 is 0 Å². The number of hydrogen-bond acceptors (Lipinski definition) is 2. The highest BCUT2D eigenvalue weighted by Crippen LogP contribution is 2.63. The topological polar surface area (TPSA) is 16.4 Å². The maximum Gasteiger partial charge on any atom is 0.143 e. The lowest BCUT2D eigenvalue weighted by Crippen LogP contribution is -2.29. The molecule has 0 saturated carbocycles. The second kappa shape index (κ2) is 11.4. The molecular weight excluding hydrogens is 667 g/mol. The fourth-order valence-electron chi connectivity index (χ4n) is 9.89. The van der Waals surface area contributed by atoms with Gasteiger partial charge in [-0.2, -0.15) is 0 Å². The highest BCUT2D eigenvalue weighted by Gasteiger charge is 2.50. The van der Waals surface area contributed by atoms with Crippen molar-refractivity contribution >= 4 is 49.8 Å². The minimum Gasteiger partial charge on any atom is -0.455 e. The SMILES string of the molecule is c1ccc(N(c2ccc3c(c2)-c2ccccc2-c2ccccc2C32c3ccccc3-c3c2ccc2c3oc3ccccc32)c2cccc3ccccc23)cc1. The summed E-state index contributed by atoms with van der Waals surface area (Å²) in [5, 5.41) is 4.72. The van der Waals surface area contributed by atoms with Crippen LogP contribution in [0.15, 0.2) is 205 Å². The van der Waals surface area contributed by atoms with Crippen LogP contribution < -0.4 is 4.90 Å². The van der Waals surface area contributed by atoms with Crippen molar-refractivity contribution in [3.8, 4) is 33.4 Å². The summed E-state index contributed by atoms with van der Waals surface area (Å²) in [5.41, 5.74) is 17.0. The first-order valence-corrected chi connectivity index (χ1v) is 19.0. The van der Waals surface area contributed by atoms with Crippen molar-refractivity contribution in [2.45, 2.75) is 5.41 Å². The smallest absolute Gasteiger partial charge is 0.143 e. The number of furan rings is 1. The molecule has 12 rings (SSSR count). The summed E-state index contributed by atoms with van der Waals surface area (Å²) in [6, 6.07) is 73.4. The highest BCUT2D eigenvalue weighted by atomic mass is 16.3. The van der Waals surface area contributed by atoms with Gasteiger partial charge < -0.3 is 9.32 Å². The quantitative estimate of drug-likeness (QED) is 0.183. The summed E-state index contributed by atoms with van der Waals surface area (Å²) < 4.78 is 6.83. The number of anilines is 3. The molecule has 1 aromatic heterocycles. The number of para-hydroxylation sites is 2. The second-order valence-electron chi connectivity index (χ2n) is 14.7. The van der Waals surface area contributed by atoms with Gasteiger partial charge in [-0.3, -0.25) is 0 Å². The fourth-order valence-corrected chi connectivity index (χ4v) is 9.89. The van der Waals surface area contributed by atoms with Gasteiger partial charge in [0.05, 0.1) is 11.1 Å². The minimum atomic E-state index is -0.612. The van der Waals surface area contributed by atoms with Gasteiger partial charge in [-0.05, 0) is 91.9 Å². The van der Waals surface area contributed by atoms with Crippen molar-refractivity contribution in [1.82, 2.24) is 0 Å². The van der Waals surface area contributed by atoms with Crippen LogP contribution in [-0.2, 0) is 5.41 Å². The van der Waals surface area contributed by atoms with Gasteiger partial charge in [-0.25, -0.2) is 0 Å². The summed E-state index contributed by atoms with van der Waals surface area (Å²) in [5.74, 6) is 0. The van der Waals surface area contributed by atoms with E-state index in [0.717, 1.165) is 39.0 Å². The monoisotopic (exact) mass is 699 g/mol. The largest absolute Gasteiger partial charge is 0.455 e. The van der Waals surface area contributed by atoms with Crippen LogP contribution in [0, 0.1) is 0 Å². The zero-order valence-corrected chi connectivity index (χ0v) is 29.9. The molecule has 0 radical (unpaired) electrons. The molecule has 1 spiro atoms. The minimum absolute atomic E-state index is 0.612. The van der Waals surface area contributed by atoms with Crippen molar-refractivity contribution in [1.29, 1.82) is 0 Å². The summed E-state index contributed by atoms with van der Waals surface area (Å²) in [7, 11) is 0. The molecule has 1 atom stereocenters. The third-order valence-electron chi connectivity index (χ3n) is 12.1. The third kappa shape index (κ3) is 4.08. The zero-order chi connectivity index (χ0) is 36.1. The van der Waals surface area contributed by atoms with Crippen molar-refractivity contribution in [3.05, 3.63) is 222 Å². The van der Waals surface area contributed by atoms with Gasteiger partial charge in [0.15, 0.2) is 0 Å². The molecule has 1 unspecified atom stereocenters. The van der Waals surface area contributed by atoms with E-state index in [9.17, 15) is 0 Å². The Hall–Kier alpha value is -7.16. The van der Waals surface area contributed by atoms with E-state index in [4.69, 9.17) is 4.42 Å². The first-order valence-electron chi connectivity index (χ1n) is 19.0. The van der Waals surface area contributed by atoms with Crippen LogP contribution in [-0.4, -0.2) is 0 Å². The van der Waals surface area contributed by atoms with E-state index < -0.39 is 5.41 Å². The number of rotatable bonds is 3. The summed E-state index contributed by atoms with van der Waals surface area (Å²) in [4.78, 5) is 2.42. The molecule has 2 heteroatoms. The van der Waals surface area contributed by atoms with E-state index >= 15 is 0 Å². The summed E-state index contributed by atoms with van der Waals surface area (Å²) in [6.07, 6.45) is 0. The maximum absolute atomic E-state index is 6.83. The van der Waals surface area contributed by atoms with E-state index in [1.165, 1.54) is 66.4 Å². The number of benzene rings is 9. The Kier molecular flexibility index (Phi) is 6.29. The average molecular weight is 700 g/mol. The first-order chi connectivity index (χ1) is 27.3. The van der Waals surface area contributed by atoms with Crippen LogP contribution in [0.1, 0.15) is 22.3 Å². The predicted molar refractivity (Wildman–Crippen MR) is 228 cm³/mol. The van der Waals surface area contributed by atoms with E-state index in [1.54, 1.807) is 0 Å². The van der Waals surface area contributed by atoms with Crippen LogP contribution in [0.25, 0.3) is 66.1 Å². The van der Waals surface area contributed by atoms with Crippen molar-refractivity contribution in [2.24, 2.45) is 0 Å². The van der Waals surface area contributed by atoms with Gasteiger partial charge in [0, 0.05) is 33.1 Å². The summed E-state index contributed by atoms with van der Waals surface area (Å²) >= 11 is 0. The van der Waals surface area contributed by atoms with E-state index in [-0.39, 0.29) is 0 Å². The Balaban J connectivity index is 1.22. The van der Waals surface area contributed by atoms with Gasteiger partial charge in [-0.15, -0.1) is 0 Å². The molecule has 256 valence electrons. The van der Waals surface area contributed by atoms with Crippen molar-refractivity contribution < 1.29 is 4.42 Å². The normalized spacial score (nSPS) is 15.0. The molecular formula is C53H33NO. The number of nitrogens with zero attached hydrogens (tertiary/aromatic N) is 1. The Morgan fingerprint density at radius 2 is 0.964 bits per heavy atom.